The molecule has 0 saturated heterocycles. The lowest BCUT2D eigenvalue weighted by atomic mass is 10.0. The second-order valence-corrected chi connectivity index (χ2v) is 5.46. The molecule has 0 unspecified atom stereocenters. The van der Waals surface area contributed by atoms with Crippen LogP contribution in [-0.4, -0.2) is 22.4 Å². The fourth-order valence-electron chi connectivity index (χ4n) is 2.05. The van der Waals surface area contributed by atoms with E-state index in [0.29, 0.717) is 24.0 Å². The minimum atomic E-state index is -0.358. The van der Waals surface area contributed by atoms with Crippen LogP contribution in [0.4, 0.5) is 0 Å². The molecule has 0 fully saturated rings. The van der Waals surface area contributed by atoms with E-state index in [1.165, 1.54) is 0 Å². The number of rotatable bonds is 6. The molecule has 2 N–H and O–H groups in total. The van der Waals surface area contributed by atoms with Gasteiger partial charge in [0.1, 0.15) is 11.4 Å². The largest absolute Gasteiger partial charge is 0.352 e. The molecule has 1 heterocycles. The Morgan fingerprint density at radius 1 is 1.30 bits per heavy atom. The predicted molar refractivity (Wildman–Crippen MR) is 80.1 cm³/mol. The summed E-state index contributed by atoms with van der Waals surface area (Å²) in [6.45, 7) is 10.4. The number of H-pyrrole nitrogens is 1. The van der Waals surface area contributed by atoms with Crippen molar-refractivity contribution in [2.45, 2.75) is 53.4 Å². The molecule has 0 spiro atoms. The van der Waals surface area contributed by atoms with Gasteiger partial charge in [0.25, 0.3) is 11.5 Å². The van der Waals surface area contributed by atoms with E-state index in [-0.39, 0.29) is 22.9 Å². The Balaban J connectivity index is 2.91. The Labute approximate surface area is 120 Å². The van der Waals surface area contributed by atoms with Crippen molar-refractivity contribution in [3.8, 4) is 0 Å². The number of nitrogens with zero attached hydrogens (tertiary/aromatic N) is 1. The Kier molecular flexibility index (Phi) is 5.92. The summed E-state index contributed by atoms with van der Waals surface area (Å²) in [4.78, 5) is 31.2. The van der Waals surface area contributed by atoms with E-state index in [2.05, 4.69) is 29.1 Å². The maximum atomic E-state index is 12.1. The van der Waals surface area contributed by atoms with Gasteiger partial charge in [-0.2, -0.15) is 0 Å². The molecule has 0 bridgehead atoms. The van der Waals surface area contributed by atoms with Gasteiger partial charge in [0.15, 0.2) is 0 Å². The Hall–Kier alpha value is -1.65. The van der Waals surface area contributed by atoms with Crippen LogP contribution in [0, 0.1) is 12.8 Å². The molecule has 0 atom stereocenters. The highest BCUT2D eigenvalue weighted by atomic mass is 16.2. The fraction of sp³-hybridized carbons (Fsp3) is 0.667. The van der Waals surface area contributed by atoms with Crippen LogP contribution in [0.25, 0.3) is 0 Å². The lowest BCUT2D eigenvalue weighted by Gasteiger charge is -2.14. The second-order valence-electron chi connectivity index (χ2n) is 5.46. The van der Waals surface area contributed by atoms with Crippen LogP contribution < -0.4 is 10.9 Å². The van der Waals surface area contributed by atoms with E-state index in [1.807, 2.05) is 13.8 Å². The molecule has 1 amide bonds. The van der Waals surface area contributed by atoms with Gasteiger partial charge >= 0.3 is 0 Å². The maximum Gasteiger partial charge on any atom is 0.264 e. The Bertz CT molecular complexity index is 516. The molecule has 0 aromatic carbocycles. The molecule has 1 aromatic rings. The summed E-state index contributed by atoms with van der Waals surface area (Å²) >= 11 is 0. The summed E-state index contributed by atoms with van der Waals surface area (Å²) < 4.78 is 0. The number of carbonyl (C=O) groups excluding carboxylic acids is 1. The minimum Gasteiger partial charge on any atom is -0.352 e. The van der Waals surface area contributed by atoms with Crippen molar-refractivity contribution in [2.24, 2.45) is 5.92 Å². The van der Waals surface area contributed by atoms with E-state index in [0.717, 1.165) is 12.8 Å². The van der Waals surface area contributed by atoms with Gasteiger partial charge in [-0.15, -0.1) is 0 Å². The van der Waals surface area contributed by atoms with E-state index < -0.39 is 0 Å². The third-order valence-electron chi connectivity index (χ3n) is 3.60. The van der Waals surface area contributed by atoms with E-state index in [9.17, 15) is 9.59 Å². The lowest BCUT2D eigenvalue weighted by molar-refractivity contribution is 0.0943. The monoisotopic (exact) mass is 279 g/mol. The average Bonchev–Trinajstić information content (AvgIpc) is 2.38. The van der Waals surface area contributed by atoms with Gasteiger partial charge in [-0.3, -0.25) is 9.59 Å². The summed E-state index contributed by atoms with van der Waals surface area (Å²) in [5.41, 5.74) is 0.253. The first-order chi connectivity index (χ1) is 9.40. The molecular formula is C15H25N3O2. The van der Waals surface area contributed by atoms with Crippen LogP contribution in [0.15, 0.2) is 4.79 Å². The molecule has 0 aliphatic carbocycles. The summed E-state index contributed by atoms with van der Waals surface area (Å²) in [5, 5.41) is 2.83. The zero-order chi connectivity index (χ0) is 15.3. The van der Waals surface area contributed by atoms with Gasteiger partial charge in [-0.25, -0.2) is 4.98 Å². The van der Waals surface area contributed by atoms with Crippen molar-refractivity contribution in [1.29, 1.82) is 0 Å². The second kappa shape index (κ2) is 7.22. The third kappa shape index (κ3) is 3.92. The first-order valence-corrected chi connectivity index (χ1v) is 7.29. The van der Waals surface area contributed by atoms with Gasteiger partial charge in [0.05, 0.1) is 5.69 Å². The lowest BCUT2D eigenvalue weighted by Crippen LogP contribution is -2.34. The molecule has 0 radical (unpaired) electrons. The summed E-state index contributed by atoms with van der Waals surface area (Å²) in [7, 11) is 0. The molecule has 20 heavy (non-hydrogen) atoms. The number of hydrogen-bond donors (Lipinski definition) is 2. The normalized spacial score (nSPS) is 11.2. The molecule has 0 aliphatic heterocycles. The third-order valence-corrected chi connectivity index (χ3v) is 3.60. The van der Waals surface area contributed by atoms with Gasteiger partial charge < -0.3 is 10.3 Å². The van der Waals surface area contributed by atoms with Crippen LogP contribution in [0.2, 0.25) is 0 Å². The zero-order valence-corrected chi connectivity index (χ0v) is 13.0. The van der Waals surface area contributed by atoms with Crippen LogP contribution in [0.1, 0.15) is 68.3 Å². The number of carbonyl (C=O) groups is 1. The van der Waals surface area contributed by atoms with Crippen LogP contribution in [0.5, 0.6) is 0 Å². The predicted octanol–water partition coefficient (Wildman–Crippen LogP) is 2.37. The number of aromatic nitrogens is 2. The number of amides is 1. The molecule has 5 nitrogen and oxygen atoms in total. The highest BCUT2D eigenvalue weighted by Gasteiger charge is 2.17. The van der Waals surface area contributed by atoms with Gasteiger partial charge in [0.2, 0.25) is 0 Å². The van der Waals surface area contributed by atoms with Crippen molar-refractivity contribution < 1.29 is 4.79 Å². The molecule has 0 aliphatic rings. The van der Waals surface area contributed by atoms with Gasteiger partial charge in [-0.05, 0) is 12.8 Å². The van der Waals surface area contributed by atoms with Gasteiger partial charge in [0, 0.05) is 12.5 Å². The van der Waals surface area contributed by atoms with Gasteiger partial charge in [-0.1, -0.05) is 40.5 Å². The fourth-order valence-corrected chi connectivity index (χ4v) is 2.05. The summed E-state index contributed by atoms with van der Waals surface area (Å²) in [6.07, 6.45) is 2.02. The highest BCUT2D eigenvalue weighted by Crippen LogP contribution is 2.09. The summed E-state index contributed by atoms with van der Waals surface area (Å²) in [6, 6.07) is 0. The first kappa shape index (κ1) is 16.4. The van der Waals surface area contributed by atoms with E-state index in [1.54, 1.807) is 6.92 Å². The number of aromatic amines is 1. The van der Waals surface area contributed by atoms with Crippen molar-refractivity contribution in [2.75, 3.05) is 6.54 Å². The molecule has 1 rings (SSSR count). The van der Waals surface area contributed by atoms with Crippen LogP contribution in [-0.2, 0) is 0 Å². The standard InChI is InChI=1S/C15H25N3O2/c1-6-11(7-2)8-16-14(19)12-10(5)17-13(9(3)4)18-15(12)20/h9,11H,6-8H2,1-5H3,(H,16,19)(H,17,18,20). The van der Waals surface area contributed by atoms with Crippen molar-refractivity contribution in [1.82, 2.24) is 15.3 Å². The molecule has 112 valence electrons. The van der Waals surface area contributed by atoms with Crippen LogP contribution >= 0.6 is 0 Å². The molecule has 1 aromatic heterocycles. The average molecular weight is 279 g/mol. The van der Waals surface area contributed by atoms with Crippen molar-refractivity contribution in [3.05, 3.63) is 27.4 Å². The quantitative estimate of drug-likeness (QED) is 0.839. The van der Waals surface area contributed by atoms with E-state index >= 15 is 0 Å². The molecule has 5 heteroatoms. The topological polar surface area (TPSA) is 74.8 Å². The minimum absolute atomic E-state index is 0.125. The molecular weight excluding hydrogens is 254 g/mol. The smallest absolute Gasteiger partial charge is 0.264 e. The Morgan fingerprint density at radius 3 is 2.35 bits per heavy atom. The highest BCUT2D eigenvalue weighted by molar-refractivity contribution is 5.94. The number of nitrogens with one attached hydrogen (secondary N) is 2. The first-order valence-electron chi connectivity index (χ1n) is 7.29. The van der Waals surface area contributed by atoms with E-state index in [4.69, 9.17) is 0 Å². The number of hydrogen-bond acceptors (Lipinski definition) is 3. The Morgan fingerprint density at radius 2 is 1.90 bits per heavy atom. The SMILES string of the molecule is CCC(CC)CNC(=O)c1c(C)nc(C(C)C)[nH]c1=O. The van der Waals surface area contributed by atoms with Crippen molar-refractivity contribution >= 4 is 5.91 Å². The summed E-state index contributed by atoms with van der Waals surface area (Å²) in [5.74, 6) is 0.854. The van der Waals surface area contributed by atoms with Crippen LogP contribution in [0.3, 0.4) is 0 Å². The maximum absolute atomic E-state index is 12.1. The van der Waals surface area contributed by atoms with Crippen molar-refractivity contribution in [3.63, 3.8) is 0 Å². The number of aryl methyl sites for hydroxylation is 1. The molecule has 0 saturated carbocycles. The zero-order valence-electron chi connectivity index (χ0n) is 13.0.